The maximum Gasteiger partial charge on any atom is 0.334 e. The zero-order valence-electron chi connectivity index (χ0n) is 11.1. The number of allylic oxidation sites excluding steroid dienone is 1. The Morgan fingerprint density at radius 3 is 2.95 bits per heavy atom. The Bertz CT molecular complexity index is 447. The number of carbonyl (C=O) groups is 1. The van der Waals surface area contributed by atoms with Crippen LogP contribution in [0.25, 0.3) is 0 Å². The average Bonchev–Trinajstić information content (AvgIpc) is 2.63. The molecular weight excluding hydrogens is 244 g/mol. The second kappa shape index (κ2) is 5.72. The summed E-state index contributed by atoms with van der Waals surface area (Å²) in [5, 5.41) is 19.6. The van der Waals surface area contributed by atoms with Gasteiger partial charge in [-0.25, -0.2) is 4.79 Å². The molecule has 4 nitrogen and oxygen atoms in total. The number of hydrogen-bond donors (Lipinski definition) is 2. The number of carbonyl (C=O) groups excluding carboxylic acids is 1. The van der Waals surface area contributed by atoms with Crippen LogP contribution in [0.1, 0.15) is 26.2 Å². The first-order valence-corrected chi connectivity index (χ1v) is 6.57. The van der Waals surface area contributed by atoms with Crippen molar-refractivity contribution in [2.75, 3.05) is 6.61 Å². The quantitative estimate of drug-likeness (QED) is 0.428. The van der Waals surface area contributed by atoms with Crippen LogP contribution in [-0.4, -0.2) is 35.0 Å². The SMILES string of the molecule is C=C1C(=O)O[C@@H]2/C=C(\CO)CC/C=C(\C)C[C@H](O)C12. The molecule has 2 N–H and O–H groups in total. The highest BCUT2D eigenvalue weighted by Gasteiger charge is 2.41. The monoisotopic (exact) mass is 264 g/mol. The fourth-order valence-corrected chi connectivity index (χ4v) is 2.69. The van der Waals surface area contributed by atoms with Gasteiger partial charge in [-0.3, -0.25) is 0 Å². The molecule has 1 fully saturated rings. The van der Waals surface area contributed by atoms with Gasteiger partial charge in [-0.2, -0.15) is 0 Å². The Labute approximate surface area is 113 Å². The third-order valence-electron chi connectivity index (χ3n) is 3.77. The van der Waals surface area contributed by atoms with Crippen molar-refractivity contribution in [3.8, 4) is 0 Å². The fourth-order valence-electron chi connectivity index (χ4n) is 2.69. The molecule has 0 aromatic rings. The van der Waals surface area contributed by atoms with E-state index in [4.69, 9.17) is 4.74 Å². The summed E-state index contributed by atoms with van der Waals surface area (Å²) in [4.78, 5) is 11.6. The normalized spacial score (nSPS) is 37.7. The van der Waals surface area contributed by atoms with E-state index in [0.29, 0.717) is 12.0 Å². The molecule has 0 aromatic heterocycles. The van der Waals surface area contributed by atoms with Gasteiger partial charge < -0.3 is 14.9 Å². The summed E-state index contributed by atoms with van der Waals surface area (Å²) in [6.07, 6.45) is 4.69. The highest BCUT2D eigenvalue weighted by molar-refractivity contribution is 5.91. The first-order valence-electron chi connectivity index (χ1n) is 6.57. The molecule has 2 rings (SSSR count). The minimum absolute atomic E-state index is 0.0593. The minimum atomic E-state index is -0.686. The minimum Gasteiger partial charge on any atom is -0.454 e. The van der Waals surface area contributed by atoms with Gasteiger partial charge >= 0.3 is 5.97 Å². The van der Waals surface area contributed by atoms with Gasteiger partial charge in [0.1, 0.15) is 6.10 Å². The smallest absolute Gasteiger partial charge is 0.334 e. The summed E-state index contributed by atoms with van der Waals surface area (Å²) < 4.78 is 5.24. The number of rotatable bonds is 1. The first kappa shape index (κ1) is 14.0. The molecule has 0 aromatic carbocycles. The van der Waals surface area contributed by atoms with E-state index in [0.717, 1.165) is 24.0 Å². The molecule has 3 atom stereocenters. The van der Waals surface area contributed by atoms with Crippen LogP contribution in [0.2, 0.25) is 0 Å². The van der Waals surface area contributed by atoms with Gasteiger partial charge in [0.25, 0.3) is 0 Å². The van der Waals surface area contributed by atoms with Crippen LogP contribution in [0, 0.1) is 5.92 Å². The highest BCUT2D eigenvalue weighted by atomic mass is 16.6. The Morgan fingerprint density at radius 2 is 2.26 bits per heavy atom. The molecule has 2 aliphatic rings. The molecule has 19 heavy (non-hydrogen) atoms. The average molecular weight is 264 g/mol. The molecule has 0 saturated carbocycles. The van der Waals surface area contributed by atoms with Crippen molar-refractivity contribution in [1.82, 2.24) is 0 Å². The highest BCUT2D eigenvalue weighted by Crippen LogP contribution is 2.34. The predicted octanol–water partition coefficient (Wildman–Crippen LogP) is 1.49. The molecule has 1 heterocycles. The second-order valence-corrected chi connectivity index (χ2v) is 5.26. The maximum absolute atomic E-state index is 11.6. The number of aliphatic hydroxyl groups is 2. The van der Waals surface area contributed by atoms with Gasteiger partial charge in [-0.05, 0) is 37.8 Å². The van der Waals surface area contributed by atoms with Gasteiger partial charge in [0.2, 0.25) is 0 Å². The van der Waals surface area contributed by atoms with Crippen LogP contribution < -0.4 is 0 Å². The van der Waals surface area contributed by atoms with Crippen LogP contribution >= 0.6 is 0 Å². The molecular formula is C15H20O4. The van der Waals surface area contributed by atoms with Gasteiger partial charge in [0, 0.05) is 5.57 Å². The van der Waals surface area contributed by atoms with Crippen LogP contribution in [-0.2, 0) is 9.53 Å². The van der Waals surface area contributed by atoms with Crippen LogP contribution in [0.5, 0.6) is 0 Å². The summed E-state index contributed by atoms with van der Waals surface area (Å²) in [5.41, 5.74) is 2.23. The van der Waals surface area contributed by atoms with Crippen LogP contribution in [0.15, 0.2) is 35.5 Å². The number of fused-ring (bicyclic) bond motifs is 1. The van der Waals surface area contributed by atoms with E-state index in [-0.39, 0.29) is 6.61 Å². The lowest BCUT2D eigenvalue weighted by Crippen LogP contribution is -2.29. The number of ether oxygens (including phenoxy) is 1. The van der Waals surface area contributed by atoms with Crippen LogP contribution in [0.4, 0.5) is 0 Å². The Hall–Kier alpha value is -1.39. The summed E-state index contributed by atoms with van der Waals surface area (Å²) in [5.74, 6) is -0.876. The van der Waals surface area contributed by atoms with Crippen molar-refractivity contribution in [1.29, 1.82) is 0 Å². The van der Waals surface area contributed by atoms with Gasteiger partial charge in [0.05, 0.1) is 18.6 Å². The van der Waals surface area contributed by atoms with Crippen LogP contribution in [0.3, 0.4) is 0 Å². The lowest BCUT2D eigenvalue weighted by Gasteiger charge is -2.23. The summed E-state index contributed by atoms with van der Waals surface area (Å²) in [6, 6.07) is 0. The van der Waals surface area contributed by atoms with Crippen molar-refractivity contribution in [3.05, 3.63) is 35.5 Å². The third kappa shape index (κ3) is 2.96. The molecule has 1 aliphatic carbocycles. The number of aliphatic hydroxyl groups excluding tert-OH is 2. The zero-order chi connectivity index (χ0) is 14.0. The van der Waals surface area contributed by atoms with E-state index < -0.39 is 24.1 Å². The predicted molar refractivity (Wildman–Crippen MR) is 71.3 cm³/mol. The number of hydrogen-bond acceptors (Lipinski definition) is 4. The molecule has 1 saturated heterocycles. The second-order valence-electron chi connectivity index (χ2n) is 5.26. The maximum atomic E-state index is 11.6. The topological polar surface area (TPSA) is 66.8 Å². The van der Waals surface area contributed by atoms with E-state index in [1.807, 2.05) is 6.92 Å². The van der Waals surface area contributed by atoms with Gasteiger partial charge in [-0.15, -0.1) is 0 Å². The van der Waals surface area contributed by atoms with E-state index in [2.05, 4.69) is 12.7 Å². The van der Waals surface area contributed by atoms with E-state index in [1.165, 1.54) is 0 Å². The lowest BCUT2D eigenvalue weighted by atomic mass is 9.85. The Balaban J connectivity index is 2.34. The largest absolute Gasteiger partial charge is 0.454 e. The van der Waals surface area contributed by atoms with Crippen molar-refractivity contribution in [3.63, 3.8) is 0 Å². The molecule has 1 aliphatic heterocycles. The molecule has 0 radical (unpaired) electrons. The lowest BCUT2D eigenvalue weighted by molar-refractivity contribution is -0.137. The third-order valence-corrected chi connectivity index (χ3v) is 3.77. The van der Waals surface area contributed by atoms with Gasteiger partial charge in [0.15, 0.2) is 0 Å². The van der Waals surface area contributed by atoms with Gasteiger partial charge in [-0.1, -0.05) is 18.2 Å². The fraction of sp³-hybridized carbons (Fsp3) is 0.533. The Morgan fingerprint density at radius 1 is 1.53 bits per heavy atom. The van der Waals surface area contributed by atoms with E-state index >= 15 is 0 Å². The van der Waals surface area contributed by atoms with Crippen molar-refractivity contribution in [2.45, 2.75) is 38.4 Å². The van der Waals surface area contributed by atoms with Crippen molar-refractivity contribution in [2.24, 2.45) is 5.92 Å². The molecule has 4 heteroatoms. The van der Waals surface area contributed by atoms with Crippen molar-refractivity contribution < 1.29 is 19.7 Å². The summed E-state index contributed by atoms with van der Waals surface area (Å²) in [7, 11) is 0. The van der Waals surface area contributed by atoms with E-state index in [1.54, 1.807) is 6.08 Å². The standard InChI is InChI=1S/C15H20O4/c1-9-4-3-5-11(8-16)7-13-14(12(17)6-9)10(2)15(18)19-13/h4,7,12-14,16-17H,2-3,5-6,8H2,1H3/b9-4+,11-7-/t12-,13+,14?/m0/s1. The molecule has 0 amide bonds. The Kier molecular flexibility index (Phi) is 4.22. The van der Waals surface area contributed by atoms with Crippen molar-refractivity contribution >= 4 is 5.97 Å². The zero-order valence-corrected chi connectivity index (χ0v) is 11.1. The first-order chi connectivity index (χ1) is 9.02. The molecule has 0 spiro atoms. The molecule has 104 valence electrons. The summed E-state index contributed by atoms with van der Waals surface area (Å²) in [6.45, 7) is 5.63. The molecule has 0 bridgehead atoms. The summed E-state index contributed by atoms with van der Waals surface area (Å²) >= 11 is 0. The molecule has 1 unspecified atom stereocenters. The number of esters is 1. The van der Waals surface area contributed by atoms with E-state index in [9.17, 15) is 15.0 Å².